The van der Waals surface area contributed by atoms with Crippen molar-refractivity contribution in [2.75, 3.05) is 5.32 Å². The van der Waals surface area contributed by atoms with Gasteiger partial charge in [0.1, 0.15) is 0 Å². The van der Waals surface area contributed by atoms with E-state index in [1.165, 1.54) is 0 Å². The zero-order valence-electron chi connectivity index (χ0n) is 15.4. The van der Waals surface area contributed by atoms with Crippen LogP contribution >= 0.6 is 0 Å². The van der Waals surface area contributed by atoms with Crippen LogP contribution in [0.15, 0.2) is 78.9 Å². The number of benzene rings is 3. The van der Waals surface area contributed by atoms with Crippen LogP contribution in [0.5, 0.6) is 0 Å². The van der Waals surface area contributed by atoms with E-state index in [-0.39, 0.29) is 17.9 Å². The van der Waals surface area contributed by atoms with Gasteiger partial charge in [-0.1, -0.05) is 48.5 Å². The molecule has 0 spiro atoms. The van der Waals surface area contributed by atoms with E-state index in [0.29, 0.717) is 16.8 Å². The molecule has 3 aromatic carbocycles. The van der Waals surface area contributed by atoms with Crippen molar-refractivity contribution in [3.63, 3.8) is 0 Å². The summed E-state index contributed by atoms with van der Waals surface area (Å²) in [7, 11) is 0. The van der Waals surface area contributed by atoms with E-state index < -0.39 is 0 Å². The number of carbonyl (C=O) groups excluding carboxylic acids is 2. The fourth-order valence-electron chi connectivity index (χ4n) is 2.73. The molecule has 0 unspecified atom stereocenters. The fourth-order valence-corrected chi connectivity index (χ4v) is 2.73. The van der Waals surface area contributed by atoms with Crippen molar-refractivity contribution in [1.82, 2.24) is 5.32 Å². The highest BCUT2D eigenvalue weighted by Gasteiger charge is 2.10. The van der Waals surface area contributed by atoms with Gasteiger partial charge in [-0.3, -0.25) is 9.59 Å². The molecule has 0 aliphatic rings. The predicted molar refractivity (Wildman–Crippen MR) is 109 cm³/mol. The third-order valence-corrected chi connectivity index (χ3v) is 4.06. The first-order valence-electron chi connectivity index (χ1n) is 8.91. The summed E-state index contributed by atoms with van der Waals surface area (Å²) in [4.78, 5) is 24.6. The Bertz CT molecular complexity index is 932. The molecule has 3 aromatic rings. The first-order chi connectivity index (χ1) is 13.0. The van der Waals surface area contributed by atoms with Crippen molar-refractivity contribution in [2.45, 2.75) is 19.9 Å². The van der Waals surface area contributed by atoms with Crippen molar-refractivity contribution < 1.29 is 9.59 Å². The van der Waals surface area contributed by atoms with Crippen LogP contribution in [0, 0.1) is 0 Å². The maximum Gasteiger partial charge on any atom is 0.255 e. The van der Waals surface area contributed by atoms with Gasteiger partial charge in [0.15, 0.2) is 0 Å². The van der Waals surface area contributed by atoms with Gasteiger partial charge in [-0.05, 0) is 55.3 Å². The lowest BCUT2D eigenvalue weighted by Gasteiger charge is -2.10. The molecule has 4 nitrogen and oxygen atoms in total. The second-order valence-corrected chi connectivity index (χ2v) is 6.61. The molecular formula is C23H22N2O2. The van der Waals surface area contributed by atoms with Crippen LogP contribution in [0.2, 0.25) is 0 Å². The maximum absolute atomic E-state index is 12.5. The summed E-state index contributed by atoms with van der Waals surface area (Å²) in [5.74, 6) is -0.371. The lowest BCUT2D eigenvalue weighted by Crippen LogP contribution is -2.30. The highest BCUT2D eigenvalue weighted by Crippen LogP contribution is 2.20. The Morgan fingerprint density at radius 1 is 0.704 bits per heavy atom. The van der Waals surface area contributed by atoms with Gasteiger partial charge in [0.2, 0.25) is 0 Å². The molecule has 0 aliphatic heterocycles. The Kier molecular flexibility index (Phi) is 5.67. The summed E-state index contributed by atoms with van der Waals surface area (Å²) in [6.45, 7) is 3.81. The van der Waals surface area contributed by atoms with Crippen molar-refractivity contribution in [3.05, 3.63) is 90.0 Å². The first kappa shape index (κ1) is 18.4. The van der Waals surface area contributed by atoms with E-state index in [1.807, 2.05) is 56.3 Å². The van der Waals surface area contributed by atoms with Crippen LogP contribution in [0.25, 0.3) is 11.1 Å². The molecule has 0 aliphatic carbocycles. The largest absolute Gasteiger partial charge is 0.350 e. The molecule has 27 heavy (non-hydrogen) atoms. The van der Waals surface area contributed by atoms with Gasteiger partial charge in [-0.25, -0.2) is 0 Å². The van der Waals surface area contributed by atoms with Crippen LogP contribution in [0.4, 0.5) is 5.69 Å². The normalized spacial score (nSPS) is 10.5. The zero-order valence-corrected chi connectivity index (χ0v) is 15.4. The molecule has 2 amide bonds. The van der Waals surface area contributed by atoms with Crippen LogP contribution in [-0.2, 0) is 0 Å². The molecular weight excluding hydrogens is 336 g/mol. The number of nitrogens with one attached hydrogen (secondary N) is 2. The van der Waals surface area contributed by atoms with Crippen LogP contribution in [0.1, 0.15) is 34.6 Å². The average molecular weight is 358 g/mol. The van der Waals surface area contributed by atoms with E-state index in [2.05, 4.69) is 10.6 Å². The van der Waals surface area contributed by atoms with Gasteiger partial charge in [0, 0.05) is 22.9 Å². The Hall–Kier alpha value is -3.40. The molecule has 3 rings (SSSR count). The lowest BCUT2D eigenvalue weighted by atomic mass is 10.0. The number of hydrogen-bond acceptors (Lipinski definition) is 2. The van der Waals surface area contributed by atoms with E-state index in [0.717, 1.165) is 11.1 Å². The number of carbonyl (C=O) groups is 2. The summed E-state index contributed by atoms with van der Waals surface area (Å²) in [5, 5.41) is 5.69. The van der Waals surface area contributed by atoms with E-state index in [1.54, 1.807) is 36.4 Å². The van der Waals surface area contributed by atoms with Gasteiger partial charge in [-0.2, -0.15) is 0 Å². The molecule has 0 aromatic heterocycles. The molecule has 0 bridgehead atoms. The Labute approximate surface area is 159 Å². The molecule has 2 N–H and O–H groups in total. The number of amides is 2. The van der Waals surface area contributed by atoms with Gasteiger partial charge in [-0.15, -0.1) is 0 Å². The standard InChI is InChI=1S/C23H22N2O2/c1-16(2)24-23(27)20-9-6-10-21(15-20)25-22(26)19-13-11-18(12-14-19)17-7-4-3-5-8-17/h3-16H,1-2H3,(H,24,27)(H,25,26). The van der Waals surface area contributed by atoms with Crippen LogP contribution in [0.3, 0.4) is 0 Å². The molecule has 0 saturated heterocycles. The third-order valence-electron chi connectivity index (χ3n) is 4.06. The smallest absolute Gasteiger partial charge is 0.255 e. The molecule has 0 radical (unpaired) electrons. The minimum Gasteiger partial charge on any atom is -0.350 e. The SMILES string of the molecule is CC(C)NC(=O)c1cccc(NC(=O)c2ccc(-c3ccccc3)cc2)c1. The summed E-state index contributed by atoms with van der Waals surface area (Å²) in [6, 6.07) is 24.4. The number of anilines is 1. The molecule has 0 saturated carbocycles. The van der Waals surface area contributed by atoms with E-state index >= 15 is 0 Å². The fraction of sp³-hybridized carbons (Fsp3) is 0.130. The minimum atomic E-state index is -0.212. The monoisotopic (exact) mass is 358 g/mol. The van der Waals surface area contributed by atoms with Crippen molar-refractivity contribution in [1.29, 1.82) is 0 Å². The van der Waals surface area contributed by atoms with E-state index in [9.17, 15) is 9.59 Å². The van der Waals surface area contributed by atoms with Crippen LogP contribution < -0.4 is 10.6 Å². The third kappa shape index (κ3) is 4.82. The Morgan fingerprint density at radius 2 is 1.37 bits per heavy atom. The topological polar surface area (TPSA) is 58.2 Å². The zero-order chi connectivity index (χ0) is 19.2. The first-order valence-corrected chi connectivity index (χ1v) is 8.91. The molecule has 0 atom stereocenters. The predicted octanol–water partition coefficient (Wildman–Crippen LogP) is 4.74. The molecule has 0 fully saturated rings. The second kappa shape index (κ2) is 8.32. The lowest BCUT2D eigenvalue weighted by molar-refractivity contribution is 0.0941. The van der Waals surface area contributed by atoms with Gasteiger partial charge in [0.25, 0.3) is 11.8 Å². The molecule has 4 heteroatoms. The summed E-state index contributed by atoms with van der Waals surface area (Å²) >= 11 is 0. The van der Waals surface area contributed by atoms with E-state index in [4.69, 9.17) is 0 Å². The molecule has 136 valence electrons. The number of hydrogen-bond donors (Lipinski definition) is 2. The maximum atomic E-state index is 12.5. The minimum absolute atomic E-state index is 0.0545. The highest BCUT2D eigenvalue weighted by molar-refractivity contribution is 6.05. The van der Waals surface area contributed by atoms with Crippen molar-refractivity contribution in [3.8, 4) is 11.1 Å². The van der Waals surface area contributed by atoms with Crippen molar-refractivity contribution in [2.24, 2.45) is 0 Å². The highest BCUT2D eigenvalue weighted by atomic mass is 16.2. The average Bonchev–Trinajstić information content (AvgIpc) is 2.68. The Morgan fingerprint density at radius 3 is 2.04 bits per heavy atom. The molecule has 0 heterocycles. The second-order valence-electron chi connectivity index (χ2n) is 6.61. The summed E-state index contributed by atoms with van der Waals surface area (Å²) in [6.07, 6.45) is 0. The van der Waals surface area contributed by atoms with Crippen LogP contribution in [-0.4, -0.2) is 17.9 Å². The summed E-state index contributed by atoms with van der Waals surface area (Å²) in [5.41, 5.74) is 3.82. The van der Waals surface area contributed by atoms with Gasteiger partial charge >= 0.3 is 0 Å². The van der Waals surface area contributed by atoms with Gasteiger partial charge < -0.3 is 10.6 Å². The number of rotatable bonds is 5. The van der Waals surface area contributed by atoms with Crippen molar-refractivity contribution >= 4 is 17.5 Å². The Balaban J connectivity index is 1.71. The summed E-state index contributed by atoms with van der Waals surface area (Å²) < 4.78 is 0. The van der Waals surface area contributed by atoms with Gasteiger partial charge in [0.05, 0.1) is 0 Å². The quantitative estimate of drug-likeness (QED) is 0.692.